The molecule has 1 aromatic heterocycles. The second kappa shape index (κ2) is 5.83. The maximum atomic E-state index is 13.7. The number of anilines is 1. The van der Waals surface area contributed by atoms with Crippen LogP contribution in [0.2, 0.25) is 0 Å². The number of nitrogens with zero attached hydrogens (tertiary/aromatic N) is 1. The van der Waals surface area contributed by atoms with Crippen molar-refractivity contribution in [1.82, 2.24) is 10.3 Å². The van der Waals surface area contributed by atoms with Gasteiger partial charge in [-0.25, -0.2) is 9.37 Å². The van der Waals surface area contributed by atoms with Crippen LogP contribution in [0.1, 0.15) is 22.2 Å². The van der Waals surface area contributed by atoms with Crippen molar-refractivity contribution in [3.63, 3.8) is 0 Å². The zero-order valence-electron chi connectivity index (χ0n) is 11.4. The number of aromatic nitrogens is 1. The lowest BCUT2D eigenvalue weighted by molar-refractivity contribution is 0.354. The Morgan fingerprint density at radius 2 is 2.43 bits per heavy atom. The smallest absolute Gasteiger partial charge is 0.180 e. The summed E-state index contributed by atoms with van der Waals surface area (Å²) in [6.45, 7) is 4.79. The van der Waals surface area contributed by atoms with E-state index in [1.165, 1.54) is 23.5 Å². The van der Waals surface area contributed by atoms with Gasteiger partial charge in [-0.15, -0.1) is 11.3 Å². The lowest BCUT2D eigenvalue weighted by Crippen LogP contribution is -2.30. The van der Waals surface area contributed by atoms with Gasteiger partial charge >= 0.3 is 0 Å². The molecule has 6 heteroatoms. The molecule has 2 heterocycles. The first kappa shape index (κ1) is 14.0. The fraction of sp³-hybridized carbons (Fsp3) is 0.267. The van der Waals surface area contributed by atoms with Crippen LogP contribution in [-0.4, -0.2) is 18.1 Å². The second-order valence-corrected chi connectivity index (χ2v) is 5.84. The van der Waals surface area contributed by atoms with Gasteiger partial charge in [0.1, 0.15) is 18.2 Å². The van der Waals surface area contributed by atoms with Gasteiger partial charge in [0, 0.05) is 18.5 Å². The summed E-state index contributed by atoms with van der Waals surface area (Å²) in [5, 5.41) is 3.93. The number of nitrogen functional groups attached to an aromatic ring is 1. The number of hydrogen-bond donors (Lipinski definition) is 2. The molecule has 0 amide bonds. The van der Waals surface area contributed by atoms with Crippen molar-refractivity contribution in [2.45, 2.75) is 12.5 Å². The number of nitrogens with two attached hydrogens (primary N) is 1. The topological polar surface area (TPSA) is 60.2 Å². The van der Waals surface area contributed by atoms with Crippen LogP contribution < -0.4 is 15.8 Å². The fourth-order valence-electron chi connectivity index (χ4n) is 2.49. The summed E-state index contributed by atoms with van der Waals surface area (Å²) in [5.74, 6) is 0.357. The Bertz CT molecular complexity index is 671. The Labute approximate surface area is 126 Å². The van der Waals surface area contributed by atoms with E-state index < -0.39 is 0 Å². The van der Waals surface area contributed by atoms with Gasteiger partial charge in [-0.05, 0) is 18.2 Å². The summed E-state index contributed by atoms with van der Waals surface area (Å²) in [5.41, 5.74) is 7.56. The van der Waals surface area contributed by atoms with Gasteiger partial charge in [-0.2, -0.15) is 0 Å². The Kier molecular flexibility index (Phi) is 3.90. The van der Waals surface area contributed by atoms with Crippen molar-refractivity contribution < 1.29 is 9.13 Å². The first-order chi connectivity index (χ1) is 10.2. The first-order valence-corrected chi connectivity index (χ1v) is 7.52. The summed E-state index contributed by atoms with van der Waals surface area (Å²) in [6, 6.07) is 4.40. The van der Waals surface area contributed by atoms with E-state index in [0.29, 0.717) is 17.5 Å². The van der Waals surface area contributed by atoms with Gasteiger partial charge < -0.3 is 15.8 Å². The van der Waals surface area contributed by atoms with Gasteiger partial charge in [0.15, 0.2) is 5.13 Å². The van der Waals surface area contributed by atoms with Crippen molar-refractivity contribution in [3.8, 4) is 5.75 Å². The molecular weight excluding hydrogens is 289 g/mol. The summed E-state index contributed by atoms with van der Waals surface area (Å²) in [6.07, 6.45) is 2.50. The molecule has 4 nitrogen and oxygen atoms in total. The van der Waals surface area contributed by atoms with Crippen LogP contribution in [0.25, 0.3) is 0 Å². The average Bonchev–Trinajstić information content (AvgIpc) is 2.86. The maximum Gasteiger partial charge on any atom is 0.180 e. The van der Waals surface area contributed by atoms with Crippen molar-refractivity contribution in [1.29, 1.82) is 0 Å². The number of hydrogen-bond acceptors (Lipinski definition) is 5. The predicted octanol–water partition coefficient (Wildman–Crippen LogP) is 2.66. The van der Waals surface area contributed by atoms with E-state index in [-0.39, 0.29) is 11.9 Å². The van der Waals surface area contributed by atoms with Gasteiger partial charge in [0.2, 0.25) is 0 Å². The molecule has 0 aliphatic carbocycles. The van der Waals surface area contributed by atoms with E-state index in [9.17, 15) is 4.39 Å². The first-order valence-electron chi connectivity index (χ1n) is 6.70. The number of ether oxygens (including phenoxy) is 1. The van der Waals surface area contributed by atoms with Crippen molar-refractivity contribution >= 4 is 16.5 Å². The third kappa shape index (κ3) is 2.77. The highest BCUT2D eigenvalue weighted by molar-refractivity contribution is 7.15. The van der Waals surface area contributed by atoms with Crippen LogP contribution >= 0.6 is 11.3 Å². The molecule has 0 fully saturated rings. The van der Waals surface area contributed by atoms with E-state index in [1.54, 1.807) is 12.1 Å². The fourth-order valence-corrected chi connectivity index (χ4v) is 3.47. The van der Waals surface area contributed by atoms with Crippen LogP contribution in [0, 0.1) is 5.82 Å². The second-order valence-electron chi connectivity index (χ2n) is 4.78. The zero-order chi connectivity index (χ0) is 14.8. The molecule has 0 saturated carbocycles. The molecule has 21 heavy (non-hydrogen) atoms. The quantitative estimate of drug-likeness (QED) is 0.853. The SMILES string of the molecule is C=CCOc1ccc(F)cc1C1NCCc2nc(N)sc21. The predicted molar refractivity (Wildman–Crippen MR) is 82.2 cm³/mol. The number of benzene rings is 1. The van der Waals surface area contributed by atoms with E-state index in [0.717, 1.165) is 29.1 Å². The number of rotatable bonds is 4. The van der Waals surface area contributed by atoms with Gasteiger partial charge in [-0.3, -0.25) is 0 Å². The molecule has 1 aromatic carbocycles. The minimum atomic E-state index is -0.289. The lowest BCUT2D eigenvalue weighted by atomic mass is 9.99. The monoisotopic (exact) mass is 305 g/mol. The van der Waals surface area contributed by atoms with E-state index in [4.69, 9.17) is 10.5 Å². The standard InChI is InChI=1S/C15H16FN3OS/c1-2-7-20-12-4-3-9(16)8-10(12)13-14-11(5-6-18-13)19-15(17)21-14/h2-4,8,13,18H,1,5-7H2,(H2,17,19). The number of halogens is 1. The Balaban J connectivity index is 2.03. The summed E-state index contributed by atoms with van der Waals surface area (Å²) >= 11 is 1.44. The normalized spacial score (nSPS) is 17.3. The lowest BCUT2D eigenvalue weighted by Gasteiger charge is -2.25. The Morgan fingerprint density at radius 1 is 1.57 bits per heavy atom. The molecule has 0 radical (unpaired) electrons. The van der Waals surface area contributed by atoms with E-state index >= 15 is 0 Å². The highest BCUT2D eigenvalue weighted by atomic mass is 32.1. The summed E-state index contributed by atoms with van der Waals surface area (Å²) in [7, 11) is 0. The van der Waals surface area contributed by atoms with Crippen molar-refractivity contribution in [2.24, 2.45) is 0 Å². The highest BCUT2D eigenvalue weighted by Crippen LogP contribution is 2.38. The van der Waals surface area contributed by atoms with Gasteiger partial charge in [0.25, 0.3) is 0 Å². The van der Waals surface area contributed by atoms with Gasteiger partial charge in [0.05, 0.1) is 16.6 Å². The average molecular weight is 305 g/mol. The van der Waals surface area contributed by atoms with Gasteiger partial charge in [-0.1, -0.05) is 12.7 Å². The van der Waals surface area contributed by atoms with Crippen LogP contribution in [0.3, 0.4) is 0 Å². The molecule has 1 atom stereocenters. The highest BCUT2D eigenvalue weighted by Gasteiger charge is 2.27. The molecule has 0 spiro atoms. The zero-order valence-corrected chi connectivity index (χ0v) is 12.3. The Morgan fingerprint density at radius 3 is 3.24 bits per heavy atom. The minimum Gasteiger partial charge on any atom is -0.489 e. The largest absolute Gasteiger partial charge is 0.489 e. The van der Waals surface area contributed by atoms with Crippen molar-refractivity contribution in [2.75, 3.05) is 18.9 Å². The molecule has 1 aliphatic rings. The molecule has 3 N–H and O–H groups in total. The molecule has 110 valence electrons. The molecule has 0 bridgehead atoms. The van der Waals surface area contributed by atoms with Crippen LogP contribution in [0.4, 0.5) is 9.52 Å². The molecule has 1 aliphatic heterocycles. The van der Waals surface area contributed by atoms with Crippen LogP contribution in [0.15, 0.2) is 30.9 Å². The molecule has 2 aromatic rings. The minimum absolute atomic E-state index is 0.140. The molecule has 3 rings (SSSR count). The molecule has 1 unspecified atom stereocenters. The molecular formula is C15H16FN3OS. The molecule has 0 saturated heterocycles. The number of fused-ring (bicyclic) bond motifs is 1. The summed E-state index contributed by atoms with van der Waals surface area (Å²) in [4.78, 5) is 5.38. The van der Waals surface area contributed by atoms with E-state index in [2.05, 4.69) is 16.9 Å². The van der Waals surface area contributed by atoms with Crippen LogP contribution in [0.5, 0.6) is 5.75 Å². The third-order valence-electron chi connectivity index (χ3n) is 3.36. The van der Waals surface area contributed by atoms with E-state index in [1.807, 2.05) is 0 Å². The maximum absolute atomic E-state index is 13.7. The van der Waals surface area contributed by atoms with Crippen LogP contribution in [-0.2, 0) is 6.42 Å². The third-order valence-corrected chi connectivity index (χ3v) is 4.35. The summed E-state index contributed by atoms with van der Waals surface area (Å²) < 4.78 is 19.3. The Hall–Kier alpha value is -1.92. The number of thiazole rings is 1. The van der Waals surface area contributed by atoms with Crippen molar-refractivity contribution in [3.05, 3.63) is 52.8 Å². The number of nitrogens with one attached hydrogen (secondary N) is 1.